The Morgan fingerprint density at radius 3 is 2.44 bits per heavy atom. The molecule has 2 atom stereocenters. The Hall–Kier alpha value is -0.0800. The minimum atomic E-state index is 0.860. The average molecular weight is 224 g/mol. The van der Waals surface area contributed by atoms with Crippen molar-refractivity contribution in [1.29, 1.82) is 0 Å². The smallest absolute Gasteiger partial charge is 0.00675 e. The van der Waals surface area contributed by atoms with Gasteiger partial charge < -0.3 is 10.6 Å². The van der Waals surface area contributed by atoms with E-state index in [-0.39, 0.29) is 0 Å². The van der Waals surface area contributed by atoms with Crippen LogP contribution in [0.15, 0.2) is 0 Å². The van der Waals surface area contributed by atoms with Crippen LogP contribution in [0.1, 0.15) is 57.8 Å². The van der Waals surface area contributed by atoms with Crippen LogP contribution in [0.5, 0.6) is 0 Å². The predicted molar refractivity (Wildman–Crippen MR) is 69.7 cm³/mol. The molecule has 2 aliphatic heterocycles. The van der Waals surface area contributed by atoms with Crippen molar-refractivity contribution in [2.45, 2.75) is 63.8 Å². The zero-order chi connectivity index (χ0) is 11.1. The first-order chi connectivity index (χ1) is 7.95. The Kier molecular flexibility index (Phi) is 5.64. The van der Waals surface area contributed by atoms with Gasteiger partial charge in [0.15, 0.2) is 0 Å². The number of nitrogens with one attached hydrogen (secondary N) is 2. The molecule has 2 N–H and O–H groups in total. The van der Waals surface area contributed by atoms with Gasteiger partial charge in [-0.25, -0.2) is 0 Å². The topological polar surface area (TPSA) is 24.1 Å². The van der Waals surface area contributed by atoms with E-state index in [1.54, 1.807) is 0 Å². The van der Waals surface area contributed by atoms with Crippen LogP contribution in [0.25, 0.3) is 0 Å². The van der Waals surface area contributed by atoms with E-state index in [1.807, 2.05) is 0 Å². The van der Waals surface area contributed by atoms with Gasteiger partial charge >= 0.3 is 0 Å². The highest BCUT2D eigenvalue weighted by Gasteiger charge is 2.14. The zero-order valence-electron chi connectivity index (χ0n) is 10.6. The van der Waals surface area contributed by atoms with Crippen molar-refractivity contribution >= 4 is 0 Å². The highest BCUT2D eigenvalue weighted by atomic mass is 14.9. The zero-order valence-corrected chi connectivity index (χ0v) is 10.6. The maximum Gasteiger partial charge on any atom is 0.00675 e. The first-order valence-corrected chi connectivity index (χ1v) is 7.39. The average Bonchev–Trinajstić information content (AvgIpc) is 2.96. The first-order valence-electron chi connectivity index (χ1n) is 7.39. The van der Waals surface area contributed by atoms with Gasteiger partial charge in [-0.3, -0.25) is 0 Å². The Labute approximate surface area is 101 Å². The van der Waals surface area contributed by atoms with Crippen LogP contribution in [-0.2, 0) is 0 Å². The normalized spacial score (nSPS) is 30.0. The molecule has 16 heavy (non-hydrogen) atoms. The molecular formula is C14H28N2. The summed E-state index contributed by atoms with van der Waals surface area (Å²) in [5.74, 6) is 0.997. The third-order valence-corrected chi connectivity index (χ3v) is 4.24. The molecule has 0 aromatic carbocycles. The summed E-state index contributed by atoms with van der Waals surface area (Å²) in [6, 6.07) is 0.860. The monoisotopic (exact) mass is 224 g/mol. The second-order valence-corrected chi connectivity index (χ2v) is 5.64. The summed E-state index contributed by atoms with van der Waals surface area (Å²) in [4.78, 5) is 0. The molecule has 2 saturated heterocycles. The van der Waals surface area contributed by atoms with Crippen LogP contribution in [0.2, 0.25) is 0 Å². The largest absolute Gasteiger partial charge is 0.316 e. The second-order valence-electron chi connectivity index (χ2n) is 5.64. The molecule has 94 valence electrons. The maximum atomic E-state index is 3.58. The molecule has 0 spiro atoms. The molecule has 2 heterocycles. The minimum absolute atomic E-state index is 0.860. The number of hydrogen-bond acceptors (Lipinski definition) is 2. The van der Waals surface area contributed by atoms with Crippen molar-refractivity contribution in [3.8, 4) is 0 Å². The summed E-state index contributed by atoms with van der Waals surface area (Å²) in [5, 5.41) is 7.04. The maximum absolute atomic E-state index is 3.58. The van der Waals surface area contributed by atoms with Crippen molar-refractivity contribution in [3.05, 3.63) is 0 Å². The highest BCUT2D eigenvalue weighted by molar-refractivity contribution is 4.74. The molecule has 2 nitrogen and oxygen atoms in total. The summed E-state index contributed by atoms with van der Waals surface area (Å²) in [6.07, 6.45) is 13.0. The van der Waals surface area contributed by atoms with Crippen molar-refractivity contribution in [3.63, 3.8) is 0 Å². The molecule has 0 saturated carbocycles. The standard InChI is InChI=1S/C14H28N2/c1(3-6-13-9-11-15-12-13)2-4-7-14-8-5-10-16-14/h13-16H,1-12H2. The fourth-order valence-electron chi connectivity index (χ4n) is 3.14. The lowest BCUT2D eigenvalue weighted by molar-refractivity contribution is 0.467. The third kappa shape index (κ3) is 4.42. The summed E-state index contributed by atoms with van der Waals surface area (Å²) in [7, 11) is 0. The van der Waals surface area contributed by atoms with Crippen molar-refractivity contribution in [1.82, 2.24) is 10.6 Å². The predicted octanol–water partition coefficient (Wildman–Crippen LogP) is 2.69. The van der Waals surface area contributed by atoms with E-state index in [4.69, 9.17) is 0 Å². The van der Waals surface area contributed by atoms with Gasteiger partial charge in [-0.1, -0.05) is 25.7 Å². The number of hydrogen-bond donors (Lipinski definition) is 2. The van der Waals surface area contributed by atoms with E-state index >= 15 is 0 Å². The van der Waals surface area contributed by atoms with Gasteiger partial charge in [-0.15, -0.1) is 0 Å². The molecule has 2 unspecified atom stereocenters. The Balaban J connectivity index is 1.37. The number of rotatable bonds is 7. The van der Waals surface area contributed by atoms with Crippen molar-refractivity contribution in [2.24, 2.45) is 5.92 Å². The molecule has 2 fully saturated rings. The van der Waals surface area contributed by atoms with Crippen LogP contribution >= 0.6 is 0 Å². The molecule has 0 bridgehead atoms. The fraction of sp³-hybridized carbons (Fsp3) is 1.00. The van der Waals surface area contributed by atoms with Gasteiger partial charge in [-0.2, -0.15) is 0 Å². The lowest BCUT2D eigenvalue weighted by Gasteiger charge is -2.10. The molecule has 0 aliphatic carbocycles. The molecule has 0 amide bonds. The van der Waals surface area contributed by atoms with Crippen LogP contribution in [0.3, 0.4) is 0 Å². The molecule has 0 aromatic rings. The van der Waals surface area contributed by atoms with Gasteiger partial charge in [-0.05, 0) is 57.7 Å². The Morgan fingerprint density at radius 2 is 1.75 bits per heavy atom. The van der Waals surface area contributed by atoms with E-state index in [1.165, 1.54) is 77.4 Å². The molecule has 2 heteroatoms. The Bertz CT molecular complexity index is 150. The van der Waals surface area contributed by atoms with Gasteiger partial charge in [0, 0.05) is 6.04 Å². The van der Waals surface area contributed by atoms with Gasteiger partial charge in [0.05, 0.1) is 0 Å². The lowest BCUT2D eigenvalue weighted by atomic mass is 9.99. The number of unbranched alkanes of at least 4 members (excludes halogenated alkanes) is 3. The Morgan fingerprint density at radius 1 is 0.875 bits per heavy atom. The minimum Gasteiger partial charge on any atom is -0.316 e. The lowest BCUT2D eigenvalue weighted by Crippen LogP contribution is -2.20. The van der Waals surface area contributed by atoms with Gasteiger partial charge in [0.2, 0.25) is 0 Å². The van der Waals surface area contributed by atoms with Crippen molar-refractivity contribution < 1.29 is 0 Å². The van der Waals surface area contributed by atoms with Crippen LogP contribution in [0.4, 0.5) is 0 Å². The van der Waals surface area contributed by atoms with E-state index in [0.717, 1.165) is 12.0 Å². The molecular weight excluding hydrogens is 196 g/mol. The SMILES string of the molecule is C(CCCC1CCCN1)CCC1CCNC1. The van der Waals surface area contributed by atoms with Crippen LogP contribution in [0, 0.1) is 5.92 Å². The molecule has 2 rings (SSSR count). The van der Waals surface area contributed by atoms with E-state index in [9.17, 15) is 0 Å². The van der Waals surface area contributed by atoms with E-state index < -0.39 is 0 Å². The summed E-state index contributed by atoms with van der Waals surface area (Å²) < 4.78 is 0. The van der Waals surface area contributed by atoms with Crippen LogP contribution < -0.4 is 10.6 Å². The summed E-state index contributed by atoms with van der Waals surface area (Å²) >= 11 is 0. The summed E-state index contributed by atoms with van der Waals surface area (Å²) in [5.41, 5.74) is 0. The van der Waals surface area contributed by atoms with Crippen molar-refractivity contribution in [2.75, 3.05) is 19.6 Å². The van der Waals surface area contributed by atoms with Crippen LogP contribution in [-0.4, -0.2) is 25.7 Å². The van der Waals surface area contributed by atoms with E-state index in [2.05, 4.69) is 10.6 Å². The quantitative estimate of drug-likeness (QED) is 0.650. The van der Waals surface area contributed by atoms with Gasteiger partial charge in [0.1, 0.15) is 0 Å². The van der Waals surface area contributed by atoms with Gasteiger partial charge in [0.25, 0.3) is 0 Å². The molecule has 0 radical (unpaired) electrons. The molecule has 2 aliphatic rings. The third-order valence-electron chi connectivity index (χ3n) is 4.24. The molecule has 0 aromatic heterocycles. The first kappa shape index (κ1) is 12.4. The fourth-order valence-corrected chi connectivity index (χ4v) is 3.14. The van der Waals surface area contributed by atoms with E-state index in [0.29, 0.717) is 0 Å². The second kappa shape index (κ2) is 7.29. The highest BCUT2D eigenvalue weighted by Crippen LogP contribution is 2.18. The summed E-state index contributed by atoms with van der Waals surface area (Å²) in [6.45, 7) is 3.81.